The predicted octanol–water partition coefficient (Wildman–Crippen LogP) is 21.1. The Morgan fingerprint density at radius 3 is 0.917 bits per heavy atom. The van der Waals surface area contributed by atoms with Crippen molar-refractivity contribution in [1.82, 2.24) is 0 Å². The highest BCUT2D eigenvalue weighted by Crippen LogP contribution is 2.31. The van der Waals surface area contributed by atoms with Gasteiger partial charge in [-0.25, -0.2) is 22.8 Å². The zero-order chi connectivity index (χ0) is 85.3. The molecule has 0 saturated heterocycles. The van der Waals surface area contributed by atoms with E-state index in [1.165, 1.54) is 33.5 Å². The molecular weight excluding hydrogens is 1160 g/mol. The summed E-state index contributed by atoms with van der Waals surface area (Å²) in [6, 6.07) is 44.7. The highest BCUT2D eigenvalue weighted by atomic mass is 14.9. The number of benzene rings is 5. The third-order valence-corrected chi connectivity index (χ3v) is 17.1. The lowest BCUT2D eigenvalue weighted by Gasteiger charge is -2.19. The fourth-order valence-electron chi connectivity index (χ4n) is 11.9. The van der Waals surface area contributed by atoms with Gasteiger partial charge in [-0.05, 0) is 211 Å². The van der Waals surface area contributed by atoms with Crippen LogP contribution in [0.25, 0.3) is 56.3 Å². The van der Waals surface area contributed by atoms with Gasteiger partial charge in [0.1, 0.15) is 35.2 Å². The van der Waals surface area contributed by atoms with Crippen molar-refractivity contribution in [3.05, 3.63) is 265 Å². The van der Waals surface area contributed by atoms with Crippen LogP contribution in [0.1, 0.15) is 217 Å². The van der Waals surface area contributed by atoms with Crippen molar-refractivity contribution in [2.75, 3.05) is 0 Å². The Labute approximate surface area is 606 Å². The van der Waals surface area contributed by atoms with Crippen molar-refractivity contribution >= 4 is 0 Å². The third-order valence-electron chi connectivity index (χ3n) is 17.1. The average molecular weight is 1300 g/mol. The van der Waals surface area contributed by atoms with Gasteiger partial charge in [0.15, 0.2) is 31.0 Å². The van der Waals surface area contributed by atoms with E-state index in [0.717, 1.165) is 95.1 Å². The molecule has 0 saturated carbocycles. The molecule has 0 radical (unpaired) electrons. The fourth-order valence-corrected chi connectivity index (χ4v) is 11.9. The third kappa shape index (κ3) is 20.9. The average Bonchev–Trinajstić information content (AvgIpc) is 0.786. The second-order valence-corrected chi connectivity index (χ2v) is 28.8. The van der Waals surface area contributed by atoms with E-state index in [1.54, 1.807) is 36.4 Å². The van der Waals surface area contributed by atoms with E-state index in [1.807, 2.05) is 244 Å². The van der Waals surface area contributed by atoms with Crippen LogP contribution in [-0.4, -0.2) is 0 Å². The quantitative estimate of drug-likeness (QED) is 0.122. The van der Waals surface area contributed by atoms with E-state index in [2.05, 4.69) is 93.2 Å². The van der Waals surface area contributed by atoms with Gasteiger partial charge in [0.25, 0.3) is 0 Å². The van der Waals surface area contributed by atoms with Gasteiger partial charge < -0.3 is 0 Å². The number of hydrogen-bond acceptors (Lipinski definition) is 0. The van der Waals surface area contributed by atoms with Crippen molar-refractivity contribution in [1.29, 1.82) is 0 Å². The molecule has 0 aliphatic heterocycles. The first-order valence-corrected chi connectivity index (χ1v) is 33.4. The van der Waals surface area contributed by atoms with E-state index in [-0.39, 0.29) is 0 Å². The highest BCUT2D eigenvalue weighted by molar-refractivity contribution is 5.66. The molecule has 0 fully saturated rings. The summed E-state index contributed by atoms with van der Waals surface area (Å²) >= 11 is 0. The molecule has 5 heteroatoms. The molecular formula is C91H122N5+5. The molecule has 0 unspecified atom stereocenters. The Morgan fingerprint density at radius 2 is 0.625 bits per heavy atom. The molecule has 5 aromatic carbocycles. The maximum Gasteiger partial charge on any atom is 0.212 e. The zero-order valence-electron chi connectivity index (χ0n) is 78.9. The number of pyridine rings is 5. The minimum Gasteiger partial charge on any atom is -0.201 e. The van der Waals surface area contributed by atoms with Crippen molar-refractivity contribution < 1.29 is 44.8 Å². The van der Waals surface area contributed by atoms with Crippen molar-refractivity contribution in [3.8, 4) is 56.3 Å². The van der Waals surface area contributed by atoms with Crippen LogP contribution < -0.4 is 22.8 Å². The second-order valence-electron chi connectivity index (χ2n) is 28.8. The Kier molecular flexibility index (Phi) is 19.3. The topological polar surface area (TPSA) is 19.4 Å². The van der Waals surface area contributed by atoms with E-state index < -0.39 is 61.8 Å². The van der Waals surface area contributed by atoms with Gasteiger partial charge >= 0.3 is 0 Å². The van der Waals surface area contributed by atoms with E-state index in [9.17, 15) is 0 Å². The first-order chi connectivity index (χ1) is 50.9. The SMILES string of the molecule is [2H]C(C)(C)c1c[n+](C)c(-c2ccccc2C)cc1C.[2H]C([2H])([2H])c1ccc(-c2cc(C)c(C([2H])(C)C)c[n+]2C)c(C)c1.[2H]C([2H])([2H])c1ccc(-c2cc(C)c(C([2H])([2H])C(C)(C)C)c[n+]2C)c(C)c1.[2H]C([2H])([2H])c1ccc(-c2ccc(C([2H])(C)C)c[n+]2C)c(C)c1.[2H]C([2H])(c1c[n+](C)c(-c2ccccc2C)cc1C)C(C)(C)C. The van der Waals surface area contributed by atoms with Crippen LogP contribution in [0.15, 0.2) is 171 Å². The molecule has 5 nitrogen and oxygen atoms in total. The van der Waals surface area contributed by atoms with Gasteiger partial charge in [-0.3, -0.25) is 0 Å². The maximum absolute atomic E-state index is 8.56. The van der Waals surface area contributed by atoms with Crippen LogP contribution in [0.3, 0.4) is 0 Å². The summed E-state index contributed by atoms with van der Waals surface area (Å²) in [6.07, 6.45) is 7.00. The first-order valence-electron chi connectivity index (χ1n) is 41.4. The summed E-state index contributed by atoms with van der Waals surface area (Å²) in [5, 5.41) is 0. The molecule has 0 spiro atoms. The summed E-state index contributed by atoms with van der Waals surface area (Å²) in [7, 11) is 9.84. The van der Waals surface area contributed by atoms with E-state index in [4.69, 9.17) is 21.9 Å². The number of nitrogens with zero attached hydrogens (tertiary/aromatic N) is 5. The fraction of sp³-hybridized carbons (Fsp3) is 0.396. The lowest BCUT2D eigenvalue weighted by Crippen LogP contribution is -2.32. The smallest absolute Gasteiger partial charge is 0.201 e. The highest BCUT2D eigenvalue weighted by Gasteiger charge is 2.24. The molecule has 0 aliphatic rings. The minimum atomic E-state index is -2.12. The molecule has 0 amide bonds. The Balaban J connectivity index is 0.000000219. The van der Waals surface area contributed by atoms with Crippen LogP contribution in [-0.2, 0) is 48.0 Å². The Morgan fingerprint density at radius 1 is 0.323 bits per heavy atom. The lowest BCUT2D eigenvalue weighted by molar-refractivity contribution is -0.661. The molecule has 0 aliphatic carbocycles. The number of aromatic nitrogens is 5. The maximum atomic E-state index is 8.56. The predicted molar refractivity (Wildman–Crippen MR) is 411 cm³/mol. The molecule has 506 valence electrons. The van der Waals surface area contributed by atoms with E-state index in [0.29, 0.717) is 22.3 Å². The minimum absolute atomic E-state index is 0.332. The molecule has 10 rings (SSSR count). The summed E-state index contributed by atoms with van der Waals surface area (Å²) in [6.45, 7) is 34.6. The number of hydrogen-bond donors (Lipinski definition) is 0. The Hall–Kier alpha value is -8.15. The normalized spacial score (nSPS) is 14.8. The standard InChI is InChI=1S/C20H28N.C19H26N.C18H24N.2C17H22N/c1-14-8-9-18(16(3)10-14)19-11-15(2)17(13-21(19)7)12-20(4,5)6;1-14-9-7-8-10-17(14)18-11-15(2)16(13-20(18)6)12-19(3,4)5;1-12(2)17-11-19(6)18(10-15(17)5)16-8-7-13(3)9-14(16)4;1-12(2)15-7-9-17(18(5)11-15)16-8-6-13(3)10-14(16)4;1-12(2)16-11-18(5)17(10-14(16)4)15-9-7-6-8-13(15)3/h8-11,13H,12H2,1-7H3;7-11,13H,12H2,1-6H3;7-12H,1-6H3;2*6-12H,1-5H3/q5*+1/i1D3,12D2;12D2;2*3D3,12D;12D. The monoisotopic (exact) mass is 1300 g/mol. The van der Waals surface area contributed by atoms with Gasteiger partial charge in [-0.15, -0.1) is 0 Å². The second kappa shape index (κ2) is 33.2. The molecule has 0 atom stereocenters. The first kappa shape index (κ1) is 55.9. The van der Waals surface area contributed by atoms with Crippen LogP contribution in [0.5, 0.6) is 0 Å². The molecule has 5 heterocycles. The van der Waals surface area contributed by atoms with Crippen LogP contribution in [0.4, 0.5) is 0 Å². The number of rotatable bonds is 10. The van der Waals surface area contributed by atoms with Crippen molar-refractivity contribution in [2.24, 2.45) is 46.1 Å². The Bertz CT molecular complexity index is 4970. The van der Waals surface area contributed by atoms with Gasteiger partial charge in [-0.1, -0.05) is 173 Å². The van der Waals surface area contributed by atoms with Gasteiger partial charge in [-0.2, -0.15) is 0 Å². The molecule has 5 aromatic heterocycles. The largest absolute Gasteiger partial charge is 0.212 e. The van der Waals surface area contributed by atoms with Gasteiger partial charge in [0.2, 0.25) is 28.5 Å². The molecule has 96 heavy (non-hydrogen) atoms. The molecule has 0 N–H and O–H groups in total. The summed E-state index contributed by atoms with van der Waals surface area (Å²) in [5.41, 5.74) is 24.6. The summed E-state index contributed by atoms with van der Waals surface area (Å²) in [5.74, 6) is -1.86. The molecule has 10 aromatic rings. The van der Waals surface area contributed by atoms with Crippen LogP contribution in [0.2, 0.25) is 0 Å². The van der Waals surface area contributed by atoms with Crippen LogP contribution >= 0.6 is 0 Å². The number of aryl methyl sites for hydroxylation is 17. The molecule has 0 bridgehead atoms. The lowest BCUT2D eigenvalue weighted by atomic mass is 9.87. The van der Waals surface area contributed by atoms with Crippen molar-refractivity contribution in [2.45, 2.75) is 196 Å². The van der Waals surface area contributed by atoms with Crippen molar-refractivity contribution in [3.63, 3.8) is 0 Å². The summed E-state index contributed by atoms with van der Waals surface area (Å²) in [4.78, 5) is 0. The van der Waals surface area contributed by atoms with Gasteiger partial charge in [0, 0.05) is 108 Å². The zero-order valence-corrected chi connectivity index (χ0v) is 62.9. The van der Waals surface area contributed by atoms with Crippen LogP contribution in [0, 0.1) is 93.7 Å². The van der Waals surface area contributed by atoms with Gasteiger partial charge in [0.05, 0.1) is 0 Å². The van der Waals surface area contributed by atoms with E-state index >= 15 is 0 Å². The summed E-state index contributed by atoms with van der Waals surface area (Å²) < 4.78 is 137.